The molecule has 0 unspecified atom stereocenters. The molecule has 0 saturated heterocycles. The molecule has 7 heteroatoms. The number of hydrogen-bond donors (Lipinski definition) is 1. The molecule has 164 valence electrons. The zero-order valence-electron chi connectivity index (χ0n) is 18.7. The Kier molecular flexibility index (Phi) is 7.81. The Hall–Kier alpha value is -2.02. The molecule has 3 rings (SSSR count). The number of amides is 1. The van der Waals surface area contributed by atoms with E-state index in [0.717, 1.165) is 28.7 Å². The molecule has 1 aliphatic rings. The first-order valence-corrected chi connectivity index (χ1v) is 11.9. The molecule has 0 radical (unpaired) electrons. The molecule has 1 amide bonds. The minimum atomic E-state index is 0.0402. The molecule has 0 aliphatic heterocycles. The maximum Gasteiger partial charge on any atom is 0.230 e. The van der Waals surface area contributed by atoms with Gasteiger partial charge in [-0.1, -0.05) is 45.4 Å². The topological polar surface area (TPSA) is 69.0 Å². The van der Waals surface area contributed by atoms with E-state index in [9.17, 15) is 4.79 Å². The Bertz CT molecular complexity index is 834. The number of methoxy groups -OCH3 is 1. The van der Waals surface area contributed by atoms with E-state index >= 15 is 0 Å². The van der Waals surface area contributed by atoms with E-state index in [1.807, 2.05) is 31.2 Å². The van der Waals surface area contributed by atoms with Crippen LogP contribution in [0.25, 0.3) is 11.4 Å². The number of nitrogens with zero attached hydrogens (tertiary/aromatic N) is 3. The van der Waals surface area contributed by atoms with Gasteiger partial charge in [0, 0.05) is 17.6 Å². The SMILES string of the molecule is COc1ccc(-c2nnc(SCC(=O)N[C@H](C)C(C)C)n2[C@@H]2CCCC[C@@H]2C)cc1. The quantitative estimate of drug-likeness (QED) is 0.600. The van der Waals surface area contributed by atoms with E-state index in [2.05, 4.69) is 40.9 Å². The number of rotatable bonds is 8. The van der Waals surface area contributed by atoms with Gasteiger partial charge in [-0.05, 0) is 55.9 Å². The van der Waals surface area contributed by atoms with E-state index in [0.29, 0.717) is 23.6 Å². The van der Waals surface area contributed by atoms with Gasteiger partial charge in [0.15, 0.2) is 11.0 Å². The number of benzene rings is 1. The van der Waals surface area contributed by atoms with Crippen molar-refractivity contribution >= 4 is 17.7 Å². The fourth-order valence-electron chi connectivity index (χ4n) is 3.88. The second-order valence-corrected chi connectivity index (χ2v) is 9.57. The first-order valence-electron chi connectivity index (χ1n) is 10.9. The second-order valence-electron chi connectivity index (χ2n) is 8.62. The molecule has 1 aromatic heterocycles. The molecule has 1 aromatic carbocycles. The van der Waals surface area contributed by atoms with Crippen molar-refractivity contribution in [1.82, 2.24) is 20.1 Å². The van der Waals surface area contributed by atoms with Crippen LogP contribution in [-0.4, -0.2) is 39.6 Å². The highest BCUT2D eigenvalue weighted by Gasteiger charge is 2.29. The summed E-state index contributed by atoms with van der Waals surface area (Å²) in [6.07, 6.45) is 4.81. The lowest BCUT2D eigenvalue weighted by molar-refractivity contribution is -0.119. The fourth-order valence-corrected chi connectivity index (χ4v) is 4.69. The van der Waals surface area contributed by atoms with Crippen molar-refractivity contribution in [2.24, 2.45) is 11.8 Å². The molecule has 30 heavy (non-hydrogen) atoms. The van der Waals surface area contributed by atoms with Crippen LogP contribution in [0, 0.1) is 11.8 Å². The van der Waals surface area contributed by atoms with Crippen LogP contribution < -0.4 is 10.1 Å². The number of ether oxygens (including phenoxy) is 1. The molecular formula is C23H34N4O2S. The highest BCUT2D eigenvalue weighted by atomic mass is 32.2. The first-order chi connectivity index (χ1) is 14.4. The van der Waals surface area contributed by atoms with Gasteiger partial charge in [0.25, 0.3) is 0 Å². The largest absolute Gasteiger partial charge is 0.497 e. The molecule has 2 aromatic rings. The zero-order chi connectivity index (χ0) is 21.7. The molecule has 1 fully saturated rings. The number of aromatic nitrogens is 3. The number of carbonyl (C=O) groups excluding carboxylic acids is 1. The molecule has 0 bridgehead atoms. The Morgan fingerprint density at radius 1 is 1.20 bits per heavy atom. The highest BCUT2D eigenvalue weighted by Crippen LogP contribution is 2.39. The van der Waals surface area contributed by atoms with E-state index in [4.69, 9.17) is 4.74 Å². The minimum absolute atomic E-state index is 0.0402. The van der Waals surface area contributed by atoms with Crippen molar-refractivity contribution in [2.75, 3.05) is 12.9 Å². The van der Waals surface area contributed by atoms with Gasteiger partial charge in [-0.2, -0.15) is 0 Å². The summed E-state index contributed by atoms with van der Waals surface area (Å²) in [5.41, 5.74) is 1.02. The normalized spacial score (nSPS) is 20.2. The summed E-state index contributed by atoms with van der Waals surface area (Å²) < 4.78 is 7.57. The fraction of sp³-hybridized carbons (Fsp3) is 0.609. The smallest absolute Gasteiger partial charge is 0.230 e. The maximum atomic E-state index is 12.4. The van der Waals surface area contributed by atoms with Gasteiger partial charge in [0.05, 0.1) is 12.9 Å². The highest BCUT2D eigenvalue weighted by molar-refractivity contribution is 7.99. The van der Waals surface area contributed by atoms with E-state index in [-0.39, 0.29) is 11.9 Å². The van der Waals surface area contributed by atoms with Crippen LogP contribution >= 0.6 is 11.8 Å². The summed E-state index contributed by atoms with van der Waals surface area (Å²) in [4.78, 5) is 12.4. The predicted molar refractivity (Wildman–Crippen MR) is 122 cm³/mol. The van der Waals surface area contributed by atoms with Crippen molar-refractivity contribution in [3.8, 4) is 17.1 Å². The van der Waals surface area contributed by atoms with E-state index < -0.39 is 0 Å². The number of thioether (sulfide) groups is 1. The monoisotopic (exact) mass is 430 g/mol. The van der Waals surface area contributed by atoms with Crippen molar-refractivity contribution in [1.29, 1.82) is 0 Å². The van der Waals surface area contributed by atoms with Crippen molar-refractivity contribution in [3.05, 3.63) is 24.3 Å². The maximum absolute atomic E-state index is 12.4. The van der Waals surface area contributed by atoms with Gasteiger partial charge in [0.2, 0.25) is 5.91 Å². The third-order valence-electron chi connectivity index (χ3n) is 6.13. The Balaban J connectivity index is 1.85. The third-order valence-corrected chi connectivity index (χ3v) is 7.07. The summed E-state index contributed by atoms with van der Waals surface area (Å²) in [6, 6.07) is 8.46. The van der Waals surface area contributed by atoms with Gasteiger partial charge in [-0.15, -0.1) is 10.2 Å². The Labute approximate surface area is 184 Å². The lowest BCUT2D eigenvalue weighted by atomic mass is 9.85. The second kappa shape index (κ2) is 10.3. The lowest BCUT2D eigenvalue weighted by Gasteiger charge is -2.31. The average molecular weight is 431 g/mol. The number of nitrogens with one attached hydrogen (secondary N) is 1. The molecular weight excluding hydrogens is 396 g/mol. The molecule has 1 saturated carbocycles. The number of hydrogen-bond acceptors (Lipinski definition) is 5. The summed E-state index contributed by atoms with van der Waals surface area (Å²) in [6.45, 7) is 8.58. The van der Waals surface area contributed by atoms with Crippen molar-refractivity contribution < 1.29 is 9.53 Å². The molecule has 1 N–H and O–H groups in total. The van der Waals surface area contributed by atoms with Gasteiger partial charge in [-0.25, -0.2) is 0 Å². The minimum Gasteiger partial charge on any atom is -0.497 e. The molecule has 3 atom stereocenters. The Morgan fingerprint density at radius 2 is 1.90 bits per heavy atom. The molecule has 0 spiro atoms. The van der Waals surface area contributed by atoms with Crippen LogP contribution in [0.15, 0.2) is 29.4 Å². The van der Waals surface area contributed by atoms with E-state index in [1.54, 1.807) is 7.11 Å². The predicted octanol–water partition coefficient (Wildman–Crippen LogP) is 4.96. The first kappa shape index (κ1) is 22.7. The molecule has 1 heterocycles. The van der Waals surface area contributed by atoms with Gasteiger partial charge >= 0.3 is 0 Å². The third kappa shape index (κ3) is 5.36. The van der Waals surface area contributed by atoms with Crippen LogP contribution in [0.2, 0.25) is 0 Å². The summed E-state index contributed by atoms with van der Waals surface area (Å²) in [7, 11) is 1.67. The zero-order valence-corrected chi connectivity index (χ0v) is 19.5. The number of carbonyl (C=O) groups is 1. The lowest BCUT2D eigenvalue weighted by Crippen LogP contribution is -2.37. The molecule has 1 aliphatic carbocycles. The van der Waals surface area contributed by atoms with Gasteiger partial charge in [-0.3, -0.25) is 9.36 Å². The van der Waals surface area contributed by atoms with Crippen LogP contribution in [0.1, 0.15) is 59.4 Å². The van der Waals surface area contributed by atoms with E-state index in [1.165, 1.54) is 31.0 Å². The van der Waals surface area contributed by atoms with Crippen molar-refractivity contribution in [2.45, 2.75) is 70.6 Å². The van der Waals surface area contributed by atoms with Crippen LogP contribution in [0.5, 0.6) is 5.75 Å². The average Bonchev–Trinajstić information content (AvgIpc) is 3.16. The van der Waals surface area contributed by atoms with Crippen LogP contribution in [-0.2, 0) is 4.79 Å². The van der Waals surface area contributed by atoms with Crippen LogP contribution in [0.3, 0.4) is 0 Å². The van der Waals surface area contributed by atoms with Crippen LogP contribution in [0.4, 0.5) is 0 Å². The molecule has 6 nitrogen and oxygen atoms in total. The Morgan fingerprint density at radius 3 is 2.53 bits per heavy atom. The summed E-state index contributed by atoms with van der Waals surface area (Å²) in [5, 5.41) is 12.9. The summed E-state index contributed by atoms with van der Waals surface area (Å²) >= 11 is 1.48. The summed E-state index contributed by atoms with van der Waals surface area (Å²) in [5.74, 6) is 3.04. The van der Waals surface area contributed by atoms with Gasteiger partial charge < -0.3 is 10.1 Å². The van der Waals surface area contributed by atoms with Gasteiger partial charge in [0.1, 0.15) is 5.75 Å². The van der Waals surface area contributed by atoms with Crippen molar-refractivity contribution in [3.63, 3.8) is 0 Å². The standard InChI is InChI=1S/C23H34N4O2S/c1-15(2)17(4)24-21(28)14-30-23-26-25-22(18-10-12-19(29-5)13-11-18)27(23)20-9-7-6-8-16(20)3/h10-13,15-17,20H,6-9,14H2,1-5H3,(H,24,28)/t16-,17+,20+/m0/s1.